The molecule has 114 valence electrons. The standard InChI is InChI=1S/C16H16NO4P/c18-11-9-17(10-12-19)22(20)16-8-4-2-6-14(16)13-5-1-3-7-15(13)21-22/h1-8,11,19H,9-10,12H2. The zero-order chi connectivity index (χ0) is 15.6. The third-order valence-corrected chi connectivity index (χ3v) is 6.17. The number of hydrogen-bond acceptors (Lipinski definition) is 4. The summed E-state index contributed by atoms with van der Waals surface area (Å²) in [6.45, 7) is -0.161. The molecular weight excluding hydrogens is 301 g/mol. The fourth-order valence-electron chi connectivity index (χ4n) is 2.64. The second kappa shape index (κ2) is 6.05. The molecule has 5 nitrogen and oxygen atoms in total. The highest BCUT2D eigenvalue weighted by atomic mass is 31.2. The fourth-order valence-corrected chi connectivity index (χ4v) is 4.99. The van der Waals surface area contributed by atoms with Crippen LogP contribution in [0.15, 0.2) is 48.5 Å². The van der Waals surface area contributed by atoms with Crippen LogP contribution in [0.2, 0.25) is 0 Å². The van der Waals surface area contributed by atoms with Gasteiger partial charge in [-0.1, -0.05) is 36.4 Å². The lowest BCUT2D eigenvalue weighted by molar-refractivity contribution is -0.108. The Hall–Kier alpha value is -1.94. The molecule has 0 saturated carbocycles. The Labute approximate surface area is 128 Å². The first-order valence-corrected chi connectivity index (χ1v) is 8.57. The Morgan fingerprint density at radius 3 is 2.50 bits per heavy atom. The number of nitrogens with zero attached hydrogens (tertiary/aromatic N) is 1. The maximum atomic E-state index is 13.5. The van der Waals surface area contributed by atoms with E-state index < -0.39 is 7.52 Å². The smallest absolute Gasteiger partial charge is 0.350 e. The number of fused-ring (bicyclic) bond motifs is 3. The van der Waals surface area contributed by atoms with Crippen LogP contribution in [-0.4, -0.2) is 35.8 Å². The monoisotopic (exact) mass is 317 g/mol. The lowest BCUT2D eigenvalue weighted by Gasteiger charge is -2.34. The molecule has 0 radical (unpaired) electrons. The van der Waals surface area contributed by atoms with Gasteiger partial charge in [-0.25, -0.2) is 4.67 Å². The van der Waals surface area contributed by atoms with Gasteiger partial charge in [0, 0.05) is 17.7 Å². The van der Waals surface area contributed by atoms with Crippen molar-refractivity contribution in [2.45, 2.75) is 0 Å². The molecule has 0 bridgehead atoms. The van der Waals surface area contributed by atoms with Crippen LogP contribution in [0.1, 0.15) is 0 Å². The van der Waals surface area contributed by atoms with Crippen molar-refractivity contribution < 1.29 is 19.0 Å². The van der Waals surface area contributed by atoms with Crippen molar-refractivity contribution in [2.75, 3.05) is 19.7 Å². The van der Waals surface area contributed by atoms with Gasteiger partial charge in [-0.15, -0.1) is 0 Å². The van der Waals surface area contributed by atoms with Gasteiger partial charge in [-0.3, -0.25) is 4.57 Å². The predicted octanol–water partition coefficient (Wildman–Crippen LogP) is 2.06. The predicted molar refractivity (Wildman–Crippen MR) is 84.5 cm³/mol. The van der Waals surface area contributed by atoms with E-state index in [1.807, 2.05) is 30.3 Å². The highest BCUT2D eigenvalue weighted by Crippen LogP contribution is 2.56. The molecule has 2 aromatic rings. The molecule has 1 atom stereocenters. The van der Waals surface area contributed by atoms with E-state index in [0.717, 1.165) is 11.1 Å². The number of hydrogen-bond donors (Lipinski definition) is 1. The number of rotatable bonds is 5. The molecule has 22 heavy (non-hydrogen) atoms. The molecule has 1 aliphatic rings. The normalized spacial score (nSPS) is 19.2. The molecule has 0 amide bonds. The number of aliphatic hydroxyl groups excluding tert-OH is 1. The SMILES string of the molecule is O=CCN(CCO)P1(=O)Oc2ccccc2-c2ccccc21. The van der Waals surface area contributed by atoms with E-state index in [1.54, 1.807) is 18.2 Å². The van der Waals surface area contributed by atoms with E-state index in [1.165, 1.54) is 4.67 Å². The van der Waals surface area contributed by atoms with Gasteiger partial charge in [-0.05, 0) is 12.1 Å². The zero-order valence-electron chi connectivity index (χ0n) is 11.9. The molecular formula is C16H16NO4P. The molecule has 0 spiro atoms. The highest BCUT2D eigenvalue weighted by molar-refractivity contribution is 7.65. The average Bonchev–Trinajstić information content (AvgIpc) is 2.55. The van der Waals surface area contributed by atoms with Gasteiger partial charge < -0.3 is 14.4 Å². The van der Waals surface area contributed by atoms with E-state index in [0.29, 0.717) is 17.3 Å². The maximum absolute atomic E-state index is 13.5. The topological polar surface area (TPSA) is 66.8 Å². The summed E-state index contributed by atoms with van der Waals surface area (Å²) in [6, 6.07) is 14.7. The van der Waals surface area contributed by atoms with Crippen LogP contribution in [0.25, 0.3) is 11.1 Å². The van der Waals surface area contributed by atoms with Gasteiger partial charge in [0.1, 0.15) is 12.0 Å². The van der Waals surface area contributed by atoms with Crippen LogP contribution in [0.5, 0.6) is 5.75 Å². The zero-order valence-corrected chi connectivity index (χ0v) is 12.8. The van der Waals surface area contributed by atoms with Gasteiger partial charge in [-0.2, -0.15) is 0 Å². The molecule has 1 aliphatic heterocycles. The van der Waals surface area contributed by atoms with Crippen LogP contribution in [0.3, 0.4) is 0 Å². The highest BCUT2D eigenvalue weighted by Gasteiger charge is 2.41. The minimum absolute atomic E-state index is 0.0612. The summed E-state index contributed by atoms with van der Waals surface area (Å²) in [4.78, 5) is 10.9. The number of para-hydroxylation sites is 1. The molecule has 2 aromatic carbocycles. The van der Waals surface area contributed by atoms with Crippen LogP contribution in [0.4, 0.5) is 0 Å². The summed E-state index contributed by atoms with van der Waals surface area (Å²) >= 11 is 0. The van der Waals surface area contributed by atoms with Crippen molar-refractivity contribution >= 4 is 19.1 Å². The maximum Gasteiger partial charge on any atom is 0.350 e. The van der Waals surface area contributed by atoms with E-state index in [9.17, 15) is 14.5 Å². The Balaban J connectivity index is 2.18. The summed E-state index contributed by atoms with van der Waals surface area (Å²) in [5.74, 6) is 0.526. The van der Waals surface area contributed by atoms with Crippen LogP contribution >= 0.6 is 7.52 Å². The molecule has 0 aromatic heterocycles. The second-order valence-corrected chi connectivity index (χ2v) is 7.20. The Kier molecular flexibility index (Phi) is 4.12. The van der Waals surface area contributed by atoms with E-state index in [2.05, 4.69) is 0 Å². The molecule has 3 rings (SSSR count). The number of carbonyl (C=O) groups is 1. The van der Waals surface area contributed by atoms with Crippen molar-refractivity contribution in [3.63, 3.8) is 0 Å². The van der Waals surface area contributed by atoms with Crippen molar-refractivity contribution in [3.8, 4) is 16.9 Å². The molecule has 0 aliphatic carbocycles. The molecule has 1 unspecified atom stereocenters. The number of carbonyl (C=O) groups excluding carboxylic acids is 1. The molecule has 0 fully saturated rings. The van der Waals surface area contributed by atoms with Crippen molar-refractivity contribution in [3.05, 3.63) is 48.5 Å². The lowest BCUT2D eigenvalue weighted by atomic mass is 10.0. The Morgan fingerprint density at radius 1 is 1.09 bits per heavy atom. The summed E-state index contributed by atoms with van der Waals surface area (Å²) in [7, 11) is -3.44. The van der Waals surface area contributed by atoms with Crippen LogP contribution in [0, 0.1) is 0 Å². The van der Waals surface area contributed by atoms with Crippen molar-refractivity contribution in [2.24, 2.45) is 0 Å². The summed E-state index contributed by atoms with van der Waals surface area (Å²) in [5, 5.41) is 9.78. The Morgan fingerprint density at radius 2 is 1.77 bits per heavy atom. The van der Waals surface area contributed by atoms with Gasteiger partial charge >= 0.3 is 7.52 Å². The minimum atomic E-state index is -3.44. The van der Waals surface area contributed by atoms with Crippen LogP contribution in [-0.2, 0) is 9.36 Å². The number of benzene rings is 2. The average molecular weight is 317 g/mol. The molecule has 1 N–H and O–H groups in total. The van der Waals surface area contributed by atoms with Gasteiger partial charge in [0.25, 0.3) is 0 Å². The van der Waals surface area contributed by atoms with Crippen LogP contribution < -0.4 is 9.83 Å². The number of aliphatic hydroxyl groups is 1. The summed E-state index contributed by atoms with van der Waals surface area (Å²) in [6.07, 6.45) is 0.668. The van der Waals surface area contributed by atoms with E-state index in [-0.39, 0.29) is 19.7 Å². The lowest BCUT2D eigenvalue weighted by Crippen LogP contribution is -2.35. The second-order valence-electron chi connectivity index (χ2n) is 4.93. The number of aldehydes is 1. The van der Waals surface area contributed by atoms with Gasteiger partial charge in [0.15, 0.2) is 0 Å². The largest absolute Gasteiger partial charge is 0.429 e. The van der Waals surface area contributed by atoms with Gasteiger partial charge in [0.2, 0.25) is 0 Å². The molecule has 0 saturated heterocycles. The minimum Gasteiger partial charge on any atom is -0.429 e. The first kappa shape index (κ1) is 15.0. The third-order valence-electron chi connectivity index (χ3n) is 3.62. The molecule has 1 heterocycles. The summed E-state index contributed by atoms with van der Waals surface area (Å²) < 4.78 is 20.8. The van der Waals surface area contributed by atoms with Crippen molar-refractivity contribution in [1.29, 1.82) is 0 Å². The van der Waals surface area contributed by atoms with Gasteiger partial charge in [0.05, 0.1) is 18.5 Å². The first-order valence-electron chi connectivity index (χ1n) is 6.99. The van der Waals surface area contributed by atoms with E-state index in [4.69, 9.17) is 4.52 Å². The molecule has 6 heteroatoms. The first-order chi connectivity index (χ1) is 10.7. The summed E-state index contributed by atoms with van der Waals surface area (Å²) in [5.41, 5.74) is 1.71. The van der Waals surface area contributed by atoms with Crippen molar-refractivity contribution in [1.82, 2.24) is 4.67 Å². The third kappa shape index (κ3) is 2.37. The quantitative estimate of drug-likeness (QED) is 0.675. The van der Waals surface area contributed by atoms with E-state index >= 15 is 0 Å². The fraction of sp³-hybridized carbons (Fsp3) is 0.188. The Bertz CT molecular complexity index is 746.